The van der Waals surface area contributed by atoms with Gasteiger partial charge in [-0.1, -0.05) is 20.8 Å². The molecule has 1 aliphatic rings. The summed E-state index contributed by atoms with van der Waals surface area (Å²) >= 11 is 0. The monoisotopic (exact) mass is 264 g/mol. The molecule has 19 heavy (non-hydrogen) atoms. The fourth-order valence-corrected chi connectivity index (χ4v) is 3.24. The second-order valence-corrected chi connectivity index (χ2v) is 6.21. The summed E-state index contributed by atoms with van der Waals surface area (Å²) in [6.07, 6.45) is 1.37. The molecule has 2 atom stereocenters. The van der Waals surface area contributed by atoms with Crippen molar-refractivity contribution in [1.82, 2.24) is 10.2 Å². The number of hydrogen-bond donors (Lipinski definition) is 1. The molecule has 3 nitrogen and oxygen atoms in total. The van der Waals surface area contributed by atoms with E-state index in [0.717, 1.165) is 43.0 Å². The van der Waals surface area contributed by atoms with E-state index in [0.29, 0.717) is 0 Å². The fourth-order valence-electron chi connectivity index (χ4n) is 3.24. The van der Waals surface area contributed by atoms with Crippen LogP contribution in [0.3, 0.4) is 0 Å². The summed E-state index contributed by atoms with van der Waals surface area (Å²) in [4.78, 5) is 2.58. The van der Waals surface area contributed by atoms with Crippen LogP contribution in [-0.4, -0.2) is 24.5 Å². The molecule has 1 aromatic heterocycles. The highest BCUT2D eigenvalue weighted by molar-refractivity contribution is 5.20. The molecule has 1 aliphatic heterocycles. The summed E-state index contributed by atoms with van der Waals surface area (Å²) in [5, 5.41) is 3.32. The minimum atomic E-state index is 0.817. The third-order valence-electron chi connectivity index (χ3n) is 3.96. The molecule has 0 aliphatic carbocycles. The first-order valence-corrected chi connectivity index (χ1v) is 7.59. The maximum atomic E-state index is 5.82. The van der Waals surface area contributed by atoms with Gasteiger partial charge in [-0.25, -0.2) is 0 Å². The molecule has 0 amide bonds. The van der Waals surface area contributed by atoms with Crippen molar-refractivity contribution in [2.45, 2.75) is 47.2 Å². The van der Waals surface area contributed by atoms with Gasteiger partial charge >= 0.3 is 0 Å². The molecular weight excluding hydrogens is 236 g/mol. The van der Waals surface area contributed by atoms with Crippen LogP contribution >= 0.6 is 0 Å². The van der Waals surface area contributed by atoms with Gasteiger partial charge in [0.25, 0.3) is 0 Å². The van der Waals surface area contributed by atoms with Gasteiger partial charge in [0.15, 0.2) is 0 Å². The second kappa shape index (κ2) is 6.58. The lowest BCUT2D eigenvalue weighted by molar-refractivity contribution is 0.134. The van der Waals surface area contributed by atoms with Gasteiger partial charge < -0.3 is 9.73 Å². The van der Waals surface area contributed by atoms with E-state index in [9.17, 15) is 0 Å². The van der Waals surface area contributed by atoms with E-state index in [1.807, 2.05) is 0 Å². The Kier molecular flexibility index (Phi) is 5.06. The lowest BCUT2D eigenvalue weighted by Gasteiger charge is -2.34. The maximum Gasteiger partial charge on any atom is 0.118 e. The van der Waals surface area contributed by atoms with Crippen LogP contribution < -0.4 is 5.32 Å². The van der Waals surface area contributed by atoms with Crippen molar-refractivity contribution in [3.63, 3.8) is 0 Å². The van der Waals surface area contributed by atoms with E-state index in [1.54, 1.807) is 0 Å². The van der Waals surface area contributed by atoms with Crippen molar-refractivity contribution in [3.05, 3.63) is 23.2 Å². The average Bonchev–Trinajstić information content (AvgIpc) is 2.66. The molecule has 2 rings (SSSR count). The van der Waals surface area contributed by atoms with Gasteiger partial charge in [0, 0.05) is 25.2 Å². The number of likely N-dealkylation sites (tertiary alicyclic amines) is 1. The first-order valence-electron chi connectivity index (χ1n) is 7.59. The number of furan rings is 1. The molecule has 2 unspecified atom stereocenters. The normalized spacial score (nSPS) is 24.8. The van der Waals surface area contributed by atoms with Crippen molar-refractivity contribution in [2.24, 2.45) is 11.8 Å². The zero-order valence-corrected chi connectivity index (χ0v) is 12.8. The Bertz CT molecular complexity index is 389. The molecule has 2 heterocycles. The summed E-state index contributed by atoms with van der Waals surface area (Å²) in [5.41, 5.74) is 1.36. The summed E-state index contributed by atoms with van der Waals surface area (Å²) in [6.45, 7) is 14.2. The van der Waals surface area contributed by atoms with Gasteiger partial charge in [0.05, 0.1) is 6.54 Å². The van der Waals surface area contributed by atoms with Crippen LogP contribution in [0.15, 0.2) is 10.5 Å². The molecule has 108 valence electrons. The number of nitrogens with one attached hydrogen (secondary N) is 1. The zero-order chi connectivity index (χ0) is 13.8. The standard InChI is InChI=1S/C16H28N2O/c1-5-17-8-16-7-15(14(4)19-16)11-18-9-12(2)6-13(3)10-18/h7,12-13,17H,5-6,8-11H2,1-4H3. The van der Waals surface area contributed by atoms with Crippen LogP contribution in [0.5, 0.6) is 0 Å². The molecule has 1 aromatic rings. The van der Waals surface area contributed by atoms with Crippen molar-refractivity contribution < 1.29 is 4.42 Å². The van der Waals surface area contributed by atoms with Gasteiger partial charge in [-0.2, -0.15) is 0 Å². The minimum Gasteiger partial charge on any atom is -0.465 e. The van der Waals surface area contributed by atoms with Crippen LogP contribution in [0.25, 0.3) is 0 Å². The highest BCUT2D eigenvalue weighted by Gasteiger charge is 2.22. The van der Waals surface area contributed by atoms with Gasteiger partial charge in [0.2, 0.25) is 0 Å². The Balaban J connectivity index is 1.96. The van der Waals surface area contributed by atoms with E-state index >= 15 is 0 Å². The summed E-state index contributed by atoms with van der Waals surface area (Å²) < 4.78 is 5.82. The Labute approximate surface area is 117 Å². The molecule has 0 radical (unpaired) electrons. The number of aryl methyl sites for hydroxylation is 1. The third-order valence-corrected chi connectivity index (χ3v) is 3.96. The largest absolute Gasteiger partial charge is 0.465 e. The highest BCUT2D eigenvalue weighted by Crippen LogP contribution is 2.24. The van der Waals surface area contributed by atoms with Crippen molar-refractivity contribution in [1.29, 1.82) is 0 Å². The SMILES string of the molecule is CCNCc1cc(CN2CC(C)CC(C)C2)c(C)o1. The molecular formula is C16H28N2O. The smallest absolute Gasteiger partial charge is 0.118 e. The number of rotatable bonds is 5. The average molecular weight is 264 g/mol. The number of nitrogens with zero attached hydrogens (tertiary/aromatic N) is 1. The molecule has 0 bridgehead atoms. The Hall–Kier alpha value is -0.800. The molecule has 1 N–H and O–H groups in total. The summed E-state index contributed by atoms with van der Waals surface area (Å²) in [6, 6.07) is 2.22. The quantitative estimate of drug-likeness (QED) is 0.885. The lowest BCUT2D eigenvalue weighted by Crippen LogP contribution is -2.38. The Morgan fingerprint density at radius 2 is 2.00 bits per heavy atom. The van der Waals surface area contributed by atoms with Crippen LogP contribution in [0.4, 0.5) is 0 Å². The van der Waals surface area contributed by atoms with E-state index in [-0.39, 0.29) is 0 Å². The first kappa shape index (κ1) is 14.6. The van der Waals surface area contributed by atoms with Gasteiger partial charge in [-0.05, 0) is 37.8 Å². The zero-order valence-electron chi connectivity index (χ0n) is 12.8. The molecule has 0 aromatic carbocycles. The van der Waals surface area contributed by atoms with Crippen LogP contribution in [0.1, 0.15) is 44.3 Å². The minimum absolute atomic E-state index is 0.817. The van der Waals surface area contributed by atoms with Gasteiger partial charge in [-0.3, -0.25) is 4.90 Å². The van der Waals surface area contributed by atoms with Gasteiger partial charge in [0.1, 0.15) is 11.5 Å². The van der Waals surface area contributed by atoms with Crippen LogP contribution in [0, 0.1) is 18.8 Å². The Morgan fingerprint density at radius 3 is 2.63 bits per heavy atom. The van der Waals surface area contributed by atoms with Gasteiger partial charge in [-0.15, -0.1) is 0 Å². The highest BCUT2D eigenvalue weighted by atomic mass is 16.3. The maximum absolute atomic E-state index is 5.82. The first-order chi connectivity index (χ1) is 9.08. The lowest BCUT2D eigenvalue weighted by atomic mass is 9.91. The molecule has 1 fully saturated rings. The fraction of sp³-hybridized carbons (Fsp3) is 0.750. The van der Waals surface area contributed by atoms with E-state index in [4.69, 9.17) is 4.42 Å². The van der Waals surface area contributed by atoms with Crippen molar-refractivity contribution >= 4 is 0 Å². The van der Waals surface area contributed by atoms with E-state index in [2.05, 4.69) is 44.0 Å². The topological polar surface area (TPSA) is 28.4 Å². The predicted octanol–water partition coefficient (Wildman–Crippen LogP) is 3.18. The Morgan fingerprint density at radius 1 is 1.32 bits per heavy atom. The second-order valence-electron chi connectivity index (χ2n) is 6.21. The number of piperidine rings is 1. The molecule has 0 saturated carbocycles. The van der Waals surface area contributed by atoms with Crippen LogP contribution in [-0.2, 0) is 13.1 Å². The summed E-state index contributed by atoms with van der Waals surface area (Å²) in [7, 11) is 0. The molecule has 1 saturated heterocycles. The van der Waals surface area contributed by atoms with E-state index < -0.39 is 0 Å². The van der Waals surface area contributed by atoms with Crippen molar-refractivity contribution in [3.8, 4) is 0 Å². The third kappa shape index (κ3) is 4.08. The molecule has 3 heteroatoms. The summed E-state index contributed by atoms with van der Waals surface area (Å²) in [5.74, 6) is 3.78. The van der Waals surface area contributed by atoms with Crippen LogP contribution in [0.2, 0.25) is 0 Å². The number of hydrogen-bond acceptors (Lipinski definition) is 3. The predicted molar refractivity (Wildman–Crippen MR) is 79.0 cm³/mol. The van der Waals surface area contributed by atoms with Crippen molar-refractivity contribution in [2.75, 3.05) is 19.6 Å². The van der Waals surface area contributed by atoms with E-state index in [1.165, 1.54) is 25.1 Å². The molecule has 0 spiro atoms.